The van der Waals surface area contributed by atoms with Crippen LogP contribution in [0.4, 0.5) is 20.2 Å². The van der Waals surface area contributed by atoms with E-state index in [0.29, 0.717) is 83.2 Å². The summed E-state index contributed by atoms with van der Waals surface area (Å²) in [6.45, 7) is 6.54. The molecule has 2 aromatic heterocycles. The summed E-state index contributed by atoms with van der Waals surface area (Å²) in [5, 5.41) is 20.2. The molecule has 394 valence electrons. The van der Waals surface area contributed by atoms with E-state index in [1.165, 1.54) is 67.0 Å². The molecular weight excluding hydrogens is 965 g/mol. The number of fused-ring (bicyclic) bond motifs is 2. The maximum absolute atomic E-state index is 15.8. The zero-order chi connectivity index (χ0) is 52.8. The molecule has 0 bridgehead atoms. The molecule has 1 spiro atoms. The van der Waals surface area contributed by atoms with E-state index in [-0.39, 0.29) is 52.7 Å². The number of hydrogen-bond donors (Lipinski definition) is 1. The van der Waals surface area contributed by atoms with Gasteiger partial charge in [-0.3, -0.25) is 23.9 Å². The molecule has 1 atom stereocenters. The second-order valence-corrected chi connectivity index (χ2v) is 21.8. The molecule has 6 aromatic rings. The van der Waals surface area contributed by atoms with Crippen molar-refractivity contribution >= 4 is 29.1 Å². The number of nitriles is 1. The Labute approximate surface area is 442 Å². The third-order valence-corrected chi connectivity index (χ3v) is 17.1. The molecule has 0 radical (unpaired) electrons. The number of carbonyl (C=O) groups excluding carboxylic acids is 3. The number of likely N-dealkylation sites (tertiary alicyclic amines) is 1. The molecule has 76 heavy (non-hydrogen) atoms. The first-order valence-corrected chi connectivity index (χ1v) is 26.8. The summed E-state index contributed by atoms with van der Waals surface area (Å²) in [4.78, 5) is 52.9. The third-order valence-electron chi connectivity index (χ3n) is 17.1. The predicted molar refractivity (Wildman–Crippen MR) is 285 cm³/mol. The van der Waals surface area contributed by atoms with Gasteiger partial charge >= 0.3 is 6.55 Å². The van der Waals surface area contributed by atoms with Crippen molar-refractivity contribution in [3.63, 3.8) is 0 Å². The molecule has 3 amide bonds. The van der Waals surface area contributed by atoms with E-state index in [1.54, 1.807) is 6.07 Å². The molecule has 4 aromatic carbocycles. The van der Waals surface area contributed by atoms with Crippen molar-refractivity contribution in [3.05, 3.63) is 153 Å². The van der Waals surface area contributed by atoms with E-state index < -0.39 is 12.5 Å². The Morgan fingerprint density at radius 3 is 2.30 bits per heavy atom. The minimum Gasteiger partial charge on any atom is -0.508 e. The number of ether oxygens (including phenoxy) is 2. The van der Waals surface area contributed by atoms with Crippen molar-refractivity contribution in [2.75, 3.05) is 50.9 Å². The van der Waals surface area contributed by atoms with Crippen molar-refractivity contribution in [3.8, 4) is 28.8 Å². The molecule has 15 heteroatoms. The van der Waals surface area contributed by atoms with Crippen molar-refractivity contribution in [2.45, 2.75) is 97.3 Å². The van der Waals surface area contributed by atoms with E-state index >= 15 is 9.59 Å². The van der Waals surface area contributed by atoms with Crippen LogP contribution in [0.15, 0.2) is 97.1 Å². The Balaban J connectivity index is 0.929. The average molecular weight is 1030 g/mol. The number of phenols is 1. The number of alkyl halides is 2. The van der Waals surface area contributed by atoms with E-state index in [0.717, 1.165) is 80.1 Å². The van der Waals surface area contributed by atoms with Crippen molar-refractivity contribution in [2.24, 2.45) is 18.4 Å². The van der Waals surface area contributed by atoms with Crippen LogP contribution in [0.2, 0.25) is 0 Å². The second-order valence-electron chi connectivity index (χ2n) is 21.8. The molecule has 1 aliphatic carbocycles. The third kappa shape index (κ3) is 9.89. The van der Waals surface area contributed by atoms with E-state index in [4.69, 9.17) is 9.47 Å². The lowest BCUT2D eigenvalue weighted by Crippen LogP contribution is -2.63. The first-order chi connectivity index (χ1) is 36.8. The number of anilines is 2. The summed E-state index contributed by atoms with van der Waals surface area (Å²) >= 11 is 0. The highest BCUT2D eigenvalue weighted by atomic mass is 19.3. The lowest BCUT2D eigenvalue weighted by atomic mass is 9.63. The predicted octanol–water partition coefficient (Wildman–Crippen LogP) is 10.4. The Hall–Kier alpha value is -7.28. The summed E-state index contributed by atoms with van der Waals surface area (Å²) < 4.78 is 43.0. The fourth-order valence-corrected chi connectivity index (χ4v) is 12.5. The van der Waals surface area contributed by atoms with Gasteiger partial charge in [-0.2, -0.15) is 14.0 Å². The van der Waals surface area contributed by atoms with Gasteiger partial charge in [-0.15, -0.1) is 0 Å². The standard InChI is InChI=1S/C61H65F2N7O6/c1-39-52(59(74)70(47-11-13-50(71)14-12-47)55-31-48(33-64)69(40(55)2)60(62)63)32-56(65(39)3)53-29-44-17-23-67(57(72)27-42-9-15-51(16-10-42)76-26-20-41-18-24-75-25-19-41)34-46(44)30-54(53)58(73)68-35-45-8-5-4-7-43(45)28-49(68)36-66-37-61(38-66)21-6-22-61/h4-5,7-16,29-32,41,49,60,71H,6,17-28,34-38H2,1-3H3/t49-/m0/s1. The molecule has 0 unspecified atom stereocenters. The first-order valence-electron chi connectivity index (χ1n) is 26.8. The number of phenolic OH excluding ortho intramolecular Hbond substituents is 1. The van der Waals surface area contributed by atoms with Gasteiger partial charge in [0.1, 0.15) is 23.3 Å². The van der Waals surface area contributed by atoms with Crippen molar-refractivity contribution in [1.82, 2.24) is 23.8 Å². The molecule has 3 fully saturated rings. The van der Waals surface area contributed by atoms with Gasteiger partial charge in [0, 0.05) is 99.5 Å². The summed E-state index contributed by atoms with van der Waals surface area (Å²) in [5.74, 6) is 0.644. The van der Waals surface area contributed by atoms with Crippen LogP contribution >= 0.6 is 0 Å². The van der Waals surface area contributed by atoms with Gasteiger partial charge < -0.3 is 33.8 Å². The van der Waals surface area contributed by atoms with Crippen LogP contribution in [-0.2, 0) is 48.9 Å². The van der Waals surface area contributed by atoms with Gasteiger partial charge in [0.25, 0.3) is 11.8 Å². The Morgan fingerprint density at radius 2 is 1.62 bits per heavy atom. The lowest BCUT2D eigenvalue weighted by Gasteiger charge is -2.57. The summed E-state index contributed by atoms with van der Waals surface area (Å²) in [5.41, 5.74) is 8.13. The minimum absolute atomic E-state index is 0.00942. The van der Waals surface area contributed by atoms with Crippen LogP contribution in [0.5, 0.6) is 11.5 Å². The quantitative estimate of drug-likeness (QED) is 0.114. The lowest BCUT2D eigenvalue weighted by molar-refractivity contribution is -0.131. The highest BCUT2D eigenvalue weighted by molar-refractivity contribution is 6.13. The summed E-state index contributed by atoms with van der Waals surface area (Å²) in [6.07, 6.45) is 8.38. The summed E-state index contributed by atoms with van der Waals surface area (Å²) in [7, 11) is 1.85. The largest absolute Gasteiger partial charge is 0.508 e. The maximum atomic E-state index is 15.8. The molecular formula is C61H65F2N7O6. The molecule has 1 saturated carbocycles. The number of rotatable bonds is 14. The maximum Gasteiger partial charge on any atom is 0.319 e. The zero-order valence-corrected chi connectivity index (χ0v) is 43.6. The minimum atomic E-state index is -3.04. The smallest absolute Gasteiger partial charge is 0.319 e. The second kappa shape index (κ2) is 21.0. The Bertz CT molecular complexity index is 3210. The molecule has 4 aliphatic heterocycles. The van der Waals surface area contributed by atoms with E-state index in [9.17, 15) is 23.9 Å². The van der Waals surface area contributed by atoms with Gasteiger partial charge in [-0.1, -0.05) is 42.8 Å². The fraction of sp³-hybridized carbons (Fsp3) is 0.410. The molecule has 13 nitrogen and oxygen atoms in total. The monoisotopic (exact) mass is 1030 g/mol. The number of aromatic nitrogens is 2. The zero-order valence-electron chi connectivity index (χ0n) is 43.6. The van der Waals surface area contributed by atoms with Gasteiger partial charge in [0.05, 0.1) is 24.3 Å². The van der Waals surface area contributed by atoms with Gasteiger partial charge in [0.2, 0.25) is 5.91 Å². The van der Waals surface area contributed by atoms with Crippen LogP contribution < -0.4 is 9.64 Å². The normalized spacial score (nSPS) is 18.1. The molecule has 6 heterocycles. The molecule has 5 aliphatic rings. The number of amides is 3. The van der Waals surface area contributed by atoms with Crippen LogP contribution in [0.25, 0.3) is 11.3 Å². The van der Waals surface area contributed by atoms with Crippen molar-refractivity contribution < 1.29 is 37.7 Å². The van der Waals surface area contributed by atoms with E-state index in [2.05, 4.69) is 29.2 Å². The highest BCUT2D eigenvalue weighted by Crippen LogP contribution is 2.48. The molecule has 2 saturated heterocycles. The van der Waals surface area contributed by atoms with Gasteiger partial charge in [-0.25, -0.2) is 0 Å². The van der Waals surface area contributed by atoms with E-state index in [1.807, 2.05) is 70.8 Å². The topological polar surface area (TPSA) is 137 Å². The number of carbonyl (C=O) groups is 3. The summed E-state index contributed by atoms with van der Waals surface area (Å²) in [6, 6.07) is 30.8. The van der Waals surface area contributed by atoms with Crippen molar-refractivity contribution in [1.29, 1.82) is 5.26 Å². The van der Waals surface area contributed by atoms with Crippen LogP contribution in [0.1, 0.15) is 111 Å². The SMILES string of the molecule is Cc1c(C(=O)N(c2ccc(O)cc2)c2cc(C#N)n(C(F)F)c2C)cc(-c2cc3c(cc2C(=O)N2Cc4ccccc4C[C@H]2CN2CC4(CCC4)C2)CN(C(=O)Cc2ccc(OCCC4CCOCC4)cc2)CC3)n1C. The highest BCUT2D eigenvalue weighted by Gasteiger charge is 2.48. The van der Waals surface area contributed by atoms with Gasteiger partial charge in [0.15, 0.2) is 0 Å². The number of halogens is 2. The Kier molecular flexibility index (Phi) is 14.1. The number of nitrogens with zero attached hydrogens (tertiary/aromatic N) is 7. The van der Waals surface area contributed by atoms with Crippen LogP contribution in [0.3, 0.4) is 0 Å². The van der Waals surface area contributed by atoms with Crippen LogP contribution in [-0.4, -0.2) is 98.7 Å². The molecule has 11 rings (SSSR count). The Morgan fingerprint density at radius 1 is 0.882 bits per heavy atom. The number of benzene rings is 4. The average Bonchev–Trinajstić information content (AvgIpc) is 3.92. The molecule has 1 N–H and O–H groups in total. The first kappa shape index (κ1) is 50.9. The van der Waals surface area contributed by atoms with Crippen LogP contribution in [0, 0.1) is 36.5 Å². The fourth-order valence-electron chi connectivity index (χ4n) is 12.5. The van der Waals surface area contributed by atoms with Gasteiger partial charge in [-0.05, 0) is 159 Å². The number of aromatic hydroxyl groups is 1. The number of hydrogen-bond acceptors (Lipinski definition) is 8.